The molecule has 1 aliphatic carbocycles. The molecule has 0 spiro atoms. The topological polar surface area (TPSA) is 100.0 Å². The predicted octanol–water partition coefficient (Wildman–Crippen LogP) is 5.18. The van der Waals surface area contributed by atoms with Crippen molar-refractivity contribution in [3.63, 3.8) is 0 Å². The highest BCUT2D eigenvalue weighted by Gasteiger charge is 2.39. The number of aliphatic carboxylic acids is 1. The summed E-state index contributed by atoms with van der Waals surface area (Å²) in [6.45, 7) is 7.39. The molecule has 0 bridgehead atoms. The van der Waals surface area contributed by atoms with Gasteiger partial charge in [-0.15, -0.1) is 0 Å². The molecule has 1 amide bonds. The summed E-state index contributed by atoms with van der Waals surface area (Å²) in [5.74, 6) is -0.856. The van der Waals surface area contributed by atoms with E-state index in [9.17, 15) is 19.8 Å². The fourth-order valence-corrected chi connectivity index (χ4v) is 4.00. The maximum absolute atomic E-state index is 12.4. The minimum Gasteiger partial charge on any atom is -0.481 e. The van der Waals surface area contributed by atoms with E-state index in [1.165, 1.54) is 4.90 Å². The molecule has 2 N–H and O–H groups in total. The normalized spacial score (nSPS) is 22.3. The van der Waals surface area contributed by atoms with Crippen molar-refractivity contribution in [2.75, 3.05) is 7.05 Å². The number of carbonyl (C=O) groups excluding carboxylic acids is 1. The van der Waals surface area contributed by atoms with Gasteiger partial charge in [-0.2, -0.15) is 0 Å². The van der Waals surface area contributed by atoms with Gasteiger partial charge in [-0.05, 0) is 71.1 Å². The van der Waals surface area contributed by atoms with Gasteiger partial charge in [0.05, 0.1) is 28.8 Å². The minimum absolute atomic E-state index is 0.285. The third kappa shape index (κ3) is 5.90. The van der Waals surface area contributed by atoms with Crippen molar-refractivity contribution >= 4 is 29.0 Å². The van der Waals surface area contributed by atoms with E-state index in [-0.39, 0.29) is 6.04 Å². The number of aliphatic hydroxyl groups is 1. The first kappa shape index (κ1) is 24.7. The molecule has 1 aromatic carbocycles. The Morgan fingerprint density at radius 3 is 2.45 bits per heavy atom. The quantitative estimate of drug-likeness (QED) is 0.646. The zero-order valence-electron chi connectivity index (χ0n) is 20.0. The van der Waals surface area contributed by atoms with E-state index >= 15 is 0 Å². The average molecular weight is 455 g/mol. The molecule has 1 saturated carbocycles. The number of fused-ring (bicyclic) bond motifs is 1. The summed E-state index contributed by atoms with van der Waals surface area (Å²) in [4.78, 5) is 30.7. The molecule has 0 aliphatic heterocycles. The van der Waals surface area contributed by atoms with Gasteiger partial charge in [-0.25, -0.2) is 4.79 Å². The molecule has 1 fully saturated rings. The lowest BCUT2D eigenvalue weighted by Gasteiger charge is -2.32. The number of carboxylic acids is 1. The van der Waals surface area contributed by atoms with Crippen LogP contribution in [0.1, 0.15) is 70.7 Å². The first-order valence-electron chi connectivity index (χ1n) is 11.4. The lowest BCUT2D eigenvalue weighted by molar-refractivity contribution is -0.148. The molecule has 2 aromatic rings. The second-order valence-corrected chi connectivity index (χ2v) is 9.98. The van der Waals surface area contributed by atoms with Crippen LogP contribution >= 0.6 is 0 Å². The molecule has 1 unspecified atom stereocenters. The fraction of sp³-hybridized carbons (Fsp3) is 0.500. The third-order valence-corrected chi connectivity index (χ3v) is 6.30. The number of aliphatic hydroxyl groups excluding tert-OH is 1. The van der Waals surface area contributed by atoms with E-state index < -0.39 is 29.2 Å². The number of pyridine rings is 1. The molecular weight excluding hydrogens is 420 g/mol. The number of hydrogen-bond acceptors (Lipinski definition) is 5. The maximum atomic E-state index is 12.4. The molecule has 178 valence electrons. The standard InChI is InChI=1S/C26H34N2O5/c1-17(28(5)24(32)33-25(2,3)4)21-9-8-19-7-6-18(16-22(19)27-21)10-13-26(23(30)31)14-11-20(29)12-15-26/h6-10,13,16-17,20,29H,11-12,14-15H2,1-5H3,(H,30,31). The first-order chi connectivity index (χ1) is 15.4. The minimum atomic E-state index is -0.950. The average Bonchev–Trinajstić information content (AvgIpc) is 2.76. The molecule has 0 radical (unpaired) electrons. The zero-order chi connectivity index (χ0) is 24.4. The number of benzene rings is 1. The molecule has 0 saturated heterocycles. The van der Waals surface area contributed by atoms with E-state index in [0.29, 0.717) is 25.7 Å². The summed E-state index contributed by atoms with van der Waals surface area (Å²) in [5, 5.41) is 20.5. The molecule has 7 heteroatoms. The van der Waals surface area contributed by atoms with Crippen LogP contribution in [0.25, 0.3) is 17.0 Å². The Bertz CT molecular complexity index is 1050. The van der Waals surface area contributed by atoms with Crippen LogP contribution in [0, 0.1) is 5.41 Å². The van der Waals surface area contributed by atoms with E-state index in [0.717, 1.165) is 22.2 Å². The highest BCUT2D eigenvalue weighted by molar-refractivity contribution is 5.83. The van der Waals surface area contributed by atoms with Gasteiger partial charge in [-0.1, -0.05) is 30.4 Å². The second-order valence-electron chi connectivity index (χ2n) is 9.98. The monoisotopic (exact) mass is 454 g/mol. The van der Waals surface area contributed by atoms with Crippen LogP contribution in [-0.4, -0.2) is 50.9 Å². The molecule has 1 aromatic heterocycles. The summed E-state index contributed by atoms with van der Waals surface area (Å²) in [6.07, 6.45) is 4.57. The van der Waals surface area contributed by atoms with Crippen molar-refractivity contribution in [3.05, 3.63) is 47.7 Å². The van der Waals surface area contributed by atoms with Crippen LogP contribution in [0.3, 0.4) is 0 Å². The molecule has 1 aliphatic rings. The summed E-state index contributed by atoms with van der Waals surface area (Å²) in [6, 6.07) is 9.38. The largest absolute Gasteiger partial charge is 0.481 e. The molecule has 1 heterocycles. The highest BCUT2D eigenvalue weighted by atomic mass is 16.6. The number of carbonyl (C=O) groups is 2. The van der Waals surface area contributed by atoms with Gasteiger partial charge in [0.25, 0.3) is 0 Å². The van der Waals surface area contributed by atoms with Gasteiger partial charge in [0, 0.05) is 12.4 Å². The van der Waals surface area contributed by atoms with Crippen LogP contribution < -0.4 is 0 Å². The van der Waals surface area contributed by atoms with Crippen molar-refractivity contribution in [2.24, 2.45) is 5.41 Å². The van der Waals surface area contributed by atoms with E-state index in [1.807, 2.05) is 64.1 Å². The van der Waals surface area contributed by atoms with Gasteiger partial charge in [0.1, 0.15) is 5.60 Å². The Morgan fingerprint density at radius 2 is 1.85 bits per heavy atom. The number of hydrogen-bond donors (Lipinski definition) is 2. The number of aromatic nitrogens is 1. The lowest BCUT2D eigenvalue weighted by Crippen LogP contribution is -2.36. The van der Waals surface area contributed by atoms with Crippen molar-refractivity contribution in [1.82, 2.24) is 9.88 Å². The first-order valence-corrected chi connectivity index (χ1v) is 11.4. The third-order valence-electron chi connectivity index (χ3n) is 6.30. The molecule has 7 nitrogen and oxygen atoms in total. The lowest BCUT2D eigenvalue weighted by atomic mass is 9.73. The van der Waals surface area contributed by atoms with Gasteiger partial charge in [0.15, 0.2) is 0 Å². The van der Waals surface area contributed by atoms with Crippen LogP contribution in [0.5, 0.6) is 0 Å². The molecular formula is C26H34N2O5. The molecule has 3 rings (SSSR count). The zero-order valence-corrected chi connectivity index (χ0v) is 20.0. The van der Waals surface area contributed by atoms with Gasteiger partial charge >= 0.3 is 12.1 Å². The molecule has 1 atom stereocenters. The summed E-state index contributed by atoms with van der Waals surface area (Å²) < 4.78 is 5.46. The summed E-state index contributed by atoms with van der Waals surface area (Å²) in [7, 11) is 1.69. The van der Waals surface area contributed by atoms with Crippen molar-refractivity contribution < 1.29 is 24.5 Å². The number of carboxylic acid groups (broad SMARTS) is 1. The Morgan fingerprint density at radius 1 is 1.21 bits per heavy atom. The van der Waals surface area contributed by atoms with Crippen LogP contribution in [0.2, 0.25) is 0 Å². The summed E-state index contributed by atoms with van der Waals surface area (Å²) >= 11 is 0. The fourth-order valence-electron chi connectivity index (χ4n) is 4.00. The highest BCUT2D eigenvalue weighted by Crippen LogP contribution is 2.38. The van der Waals surface area contributed by atoms with Crippen LogP contribution in [-0.2, 0) is 9.53 Å². The van der Waals surface area contributed by atoms with E-state index in [4.69, 9.17) is 9.72 Å². The van der Waals surface area contributed by atoms with Crippen molar-refractivity contribution in [3.8, 4) is 0 Å². The number of rotatable bonds is 5. The van der Waals surface area contributed by atoms with Crippen molar-refractivity contribution in [1.29, 1.82) is 0 Å². The number of ether oxygens (including phenoxy) is 1. The number of amides is 1. The van der Waals surface area contributed by atoms with E-state index in [1.54, 1.807) is 13.1 Å². The number of nitrogens with zero attached hydrogens (tertiary/aromatic N) is 2. The Hall–Kier alpha value is -2.93. The summed E-state index contributed by atoms with van der Waals surface area (Å²) in [5.41, 5.74) is 0.830. The Kier molecular flexibility index (Phi) is 7.12. The predicted molar refractivity (Wildman–Crippen MR) is 128 cm³/mol. The second kappa shape index (κ2) is 9.51. The molecule has 33 heavy (non-hydrogen) atoms. The van der Waals surface area contributed by atoms with E-state index in [2.05, 4.69) is 0 Å². The van der Waals surface area contributed by atoms with Crippen LogP contribution in [0.15, 0.2) is 36.4 Å². The SMILES string of the molecule is CC(c1ccc2ccc(C=CC3(C(=O)O)CCC(O)CC3)cc2n1)N(C)C(=O)OC(C)(C)C. The van der Waals surface area contributed by atoms with Crippen molar-refractivity contribution in [2.45, 2.75) is 71.1 Å². The van der Waals surface area contributed by atoms with Crippen LogP contribution in [0.4, 0.5) is 4.79 Å². The van der Waals surface area contributed by atoms with Gasteiger partial charge in [-0.3, -0.25) is 9.78 Å². The smallest absolute Gasteiger partial charge is 0.410 e. The maximum Gasteiger partial charge on any atom is 0.410 e. The van der Waals surface area contributed by atoms with Gasteiger partial charge < -0.3 is 19.8 Å². The van der Waals surface area contributed by atoms with Gasteiger partial charge in [0.2, 0.25) is 0 Å². The Balaban J connectivity index is 1.83. The Labute approximate surface area is 195 Å².